The summed E-state index contributed by atoms with van der Waals surface area (Å²) in [5.74, 6) is 2.24. The first-order valence-electron chi connectivity index (χ1n) is 9.36. The van der Waals surface area contributed by atoms with E-state index in [0.29, 0.717) is 27.8 Å². The van der Waals surface area contributed by atoms with E-state index in [1.807, 2.05) is 6.92 Å². The molecule has 144 valence electrons. The molecule has 3 atom stereocenters. The number of nitrogen functional groups attached to an aromatic ring is 1. The quantitative estimate of drug-likeness (QED) is 0.658. The Morgan fingerprint density at radius 1 is 1.41 bits per heavy atom. The zero-order valence-electron chi connectivity index (χ0n) is 15.6. The lowest BCUT2D eigenvalue weighted by atomic mass is 9.96. The second-order valence-corrected chi connectivity index (χ2v) is 8.63. The number of rotatable bonds is 6. The number of nitrogens with one attached hydrogen (secondary N) is 1. The minimum Gasteiger partial charge on any atom is -0.496 e. The van der Waals surface area contributed by atoms with Crippen LogP contribution < -0.4 is 15.8 Å². The Morgan fingerprint density at radius 2 is 2.22 bits per heavy atom. The Labute approximate surface area is 162 Å². The third-order valence-electron chi connectivity index (χ3n) is 5.89. The molecule has 6 nitrogen and oxygen atoms in total. The van der Waals surface area contributed by atoms with E-state index in [9.17, 15) is 9.90 Å². The van der Waals surface area contributed by atoms with Crippen LogP contribution in [0.4, 0.5) is 10.9 Å². The number of hydrogen-bond donors (Lipinski definition) is 3. The van der Waals surface area contributed by atoms with Crippen LogP contribution in [0.1, 0.15) is 52.0 Å². The molecule has 2 unspecified atom stereocenters. The number of ether oxygens (including phenoxy) is 1. The number of aryl methyl sites for hydroxylation is 1. The summed E-state index contributed by atoms with van der Waals surface area (Å²) in [5, 5.41) is 13.8. The van der Waals surface area contributed by atoms with Crippen molar-refractivity contribution in [3.63, 3.8) is 0 Å². The highest BCUT2D eigenvalue weighted by Crippen LogP contribution is 2.46. The van der Waals surface area contributed by atoms with Crippen molar-refractivity contribution in [3.05, 3.63) is 33.7 Å². The van der Waals surface area contributed by atoms with Gasteiger partial charge in [0.1, 0.15) is 16.4 Å². The molecule has 2 aromatic rings. The fraction of sp³-hybridized carbons (Fsp3) is 0.500. The molecule has 0 aliphatic heterocycles. The Balaban J connectivity index is 1.57. The zero-order chi connectivity index (χ0) is 19.1. The van der Waals surface area contributed by atoms with E-state index in [1.165, 1.54) is 37.0 Å². The molecule has 1 aromatic heterocycles. The number of methoxy groups -OCH3 is 1. The molecule has 0 radical (unpaired) electrons. The van der Waals surface area contributed by atoms with E-state index in [4.69, 9.17) is 10.5 Å². The maximum atomic E-state index is 13.0. The van der Waals surface area contributed by atoms with Crippen molar-refractivity contribution in [2.24, 2.45) is 11.8 Å². The van der Waals surface area contributed by atoms with Crippen LogP contribution in [0.15, 0.2) is 12.1 Å². The van der Waals surface area contributed by atoms with Crippen molar-refractivity contribution in [2.75, 3.05) is 18.2 Å². The number of carbonyl (C=O) groups is 1. The zero-order valence-corrected chi connectivity index (χ0v) is 16.4. The average molecular weight is 388 g/mol. The summed E-state index contributed by atoms with van der Waals surface area (Å²) in [4.78, 5) is 17.8. The summed E-state index contributed by atoms with van der Waals surface area (Å²) >= 11 is 1.32. The van der Waals surface area contributed by atoms with Crippen LogP contribution in [-0.2, 0) is 6.61 Å². The molecule has 2 aliphatic carbocycles. The molecule has 2 fully saturated rings. The highest BCUT2D eigenvalue weighted by molar-refractivity contribution is 7.18. The Kier molecular flexibility index (Phi) is 4.82. The smallest absolute Gasteiger partial charge is 0.206 e. The highest BCUT2D eigenvalue weighted by atomic mass is 32.1. The van der Waals surface area contributed by atoms with Gasteiger partial charge < -0.3 is 20.9 Å². The predicted octanol–water partition coefficient (Wildman–Crippen LogP) is 3.37. The van der Waals surface area contributed by atoms with Gasteiger partial charge in [0.15, 0.2) is 5.13 Å². The van der Waals surface area contributed by atoms with Crippen LogP contribution in [0.5, 0.6) is 5.75 Å². The van der Waals surface area contributed by atoms with Gasteiger partial charge in [0.05, 0.1) is 13.7 Å². The van der Waals surface area contributed by atoms with Gasteiger partial charge in [-0.1, -0.05) is 17.8 Å². The number of anilines is 2. The summed E-state index contributed by atoms with van der Waals surface area (Å²) in [6, 6.07) is 3.88. The van der Waals surface area contributed by atoms with Gasteiger partial charge in [0.2, 0.25) is 5.78 Å². The SMILES string of the molecule is COc1c(C)cc(C(=O)c2sc(N[C@H]3CC4CCC3C4)nc2N)cc1CO. The van der Waals surface area contributed by atoms with Gasteiger partial charge >= 0.3 is 0 Å². The second kappa shape index (κ2) is 7.13. The standard InChI is InChI=1S/C20H25N3O3S/c1-10-5-13(8-14(9-24)17(10)26-2)16(25)18-19(21)23-20(27-18)22-15-7-11-3-4-12(15)6-11/h5,8,11-12,15,24H,3-4,6-7,9,21H2,1-2H3,(H,22,23)/t11?,12?,15-/m0/s1. The highest BCUT2D eigenvalue weighted by Gasteiger charge is 2.39. The van der Waals surface area contributed by atoms with E-state index >= 15 is 0 Å². The minimum atomic E-state index is -0.194. The van der Waals surface area contributed by atoms with Gasteiger partial charge in [-0.15, -0.1) is 0 Å². The molecule has 0 amide bonds. The number of carbonyl (C=O) groups excluding carboxylic acids is 1. The first-order chi connectivity index (χ1) is 13.0. The lowest BCUT2D eigenvalue weighted by Crippen LogP contribution is -2.25. The van der Waals surface area contributed by atoms with Crippen LogP contribution in [0, 0.1) is 18.8 Å². The van der Waals surface area contributed by atoms with Crippen LogP contribution in [0.25, 0.3) is 0 Å². The van der Waals surface area contributed by atoms with Crippen molar-refractivity contribution >= 4 is 28.1 Å². The second-order valence-electron chi connectivity index (χ2n) is 7.63. The van der Waals surface area contributed by atoms with Crippen LogP contribution in [0.3, 0.4) is 0 Å². The van der Waals surface area contributed by atoms with Crippen molar-refractivity contribution < 1.29 is 14.6 Å². The number of thiazole rings is 1. The Bertz CT molecular complexity index is 880. The summed E-state index contributed by atoms with van der Waals surface area (Å²) in [5.41, 5.74) is 7.93. The molecule has 4 rings (SSSR count). The summed E-state index contributed by atoms with van der Waals surface area (Å²) < 4.78 is 5.32. The Hall–Kier alpha value is -2.12. The van der Waals surface area contributed by atoms with Crippen LogP contribution in [0.2, 0.25) is 0 Å². The molecular weight excluding hydrogens is 362 g/mol. The average Bonchev–Trinajstić information content (AvgIpc) is 3.36. The van der Waals surface area contributed by atoms with Crippen molar-refractivity contribution in [3.8, 4) is 5.75 Å². The summed E-state index contributed by atoms with van der Waals surface area (Å²) in [7, 11) is 1.55. The fourth-order valence-electron chi connectivity index (χ4n) is 4.66. The van der Waals surface area contributed by atoms with E-state index < -0.39 is 0 Å². The van der Waals surface area contributed by atoms with Gasteiger partial charge in [-0.2, -0.15) is 0 Å². The lowest BCUT2D eigenvalue weighted by molar-refractivity contribution is 0.104. The largest absolute Gasteiger partial charge is 0.496 e. The molecule has 1 heterocycles. The van der Waals surface area contributed by atoms with Crippen molar-refractivity contribution in [1.29, 1.82) is 0 Å². The topological polar surface area (TPSA) is 97.5 Å². The van der Waals surface area contributed by atoms with E-state index in [0.717, 1.165) is 22.5 Å². The van der Waals surface area contributed by atoms with Crippen LogP contribution in [-0.4, -0.2) is 29.0 Å². The number of nitrogens with zero attached hydrogens (tertiary/aromatic N) is 1. The Morgan fingerprint density at radius 3 is 2.85 bits per heavy atom. The molecule has 7 heteroatoms. The molecule has 2 saturated carbocycles. The summed E-state index contributed by atoms with van der Waals surface area (Å²) in [6.07, 6.45) is 5.12. The normalized spacial score (nSPS) is 23.6. The van der Waals surface area contributed by atoms with Gasteiger partial charge in [-0.05, 0) is 55.7 Å². The monoisotopic (exact) mass is 387 g/mol. The van der Waals surface area contributed by atoms with Crippen LogP contribution >= 0.6 is 11.3 Å². The van der Waals surface area contributed by atoms with Gasteiger partial charge in [-0.3, -0.25) is 4.79 Å². The maximum absolute atomic E-state index is 13.0. The minimum absolute atomic E-state index is 0.175. The van der Waals surface area contributed by atoms with E-state index in [2.05, 4.69) is 10.3 Å². The predicted molar refractivity (Wildman–Crippen MR) is 106 cm³/mol. The number of benzene rings is 1. The molecule has 0 saturated heterocycles. The van der Waals surface area contributed by atoms with Gasteiger partial charge in [0.25, 0.3) is 0 Å². The number of fused-ring (bicyclic) bond motifs is 2. The fourth-order valence-corrected chi connectivity index (χ4v) is 5.56. The maximum Gasteiger partial charge on any atom is 0.206 e. The molecule has 2 bridgehead atoms. The van der Waals surface area contributed by atoms with Crippen molar-refractivity contribution in [1.82, 2.24) is 4.98 Å². The van der Waals surface area contributed by atoms with E-state index in [1.54, 1.807) is 19.2 Å². The molecule has 1 aromatic carbocycles. The van der Waals surface area contributed by atoms with Gasteiger partial charge in [-0.25, -0.2) is 4.98 Å². The molecule has 2 aliphatic rings. The lowest BCUT2D eigenvalue weighted by Gasteiger charge is -2.22. The number of nitrogens with two attached hydrogens (primary N) is 1. The number of aliphatic hydroxyl groups excluding tert-OH is 1. The number of ketones is 1. The van der Waals surface area contributed by atoms with Crippen molar-refractivity contribution in [2.45, 2.75) is 45.3 Å². The van der Waals surface area contributed by atoms with Gasteiger partial charge in [0, 0.05) is 17.2 Å². The first-order valence-corrected chi connectivity index (χ1v) is 10.2. The molecule has 27 heavy (non-hydrogen) atoms. The molecule has 4 N–H and O–H groups in total. The molecule has 0 spiro atoms. The third-order valence-corrected chi connectivity index (χ3v) is 6.90. The summed E-state index contributed by atoms with van der Waals surface area (Å²) in [6.45, 7) is 1.66. The number of aromatic nitrogens is 1. The third kappa shape index (κ3) is 3.30. The first kappa shape index (κ1) is 18.3. The number of hydrogen-bond acceptors (Lipinski definition) is 7. The molecular formula is C20H25N3O3S. The number of aliphatic hydroxyl groups is 1. The van der Waals surface area contributed by atoms with E-state index in [-0.39, 0.29) is 18.2 Å².